The molecule has 0 aromatic heterocycles. The van der Waals surface area contributed by atoms with E-state index >= 15 is 0 Å². The van der Waals surface area contributed by atoms with Crippen LogP contribution >= 0.6 is 0 Å². The van der Waals surface area contributed by atoms with Gasteiger partial charge in [-0.1, -0.05) is 0 Å². The van der Waals surface area contributed by atoms with Crippen LogP contribution < -0.4 is 0 Å². The minimum Gasteiger partial charge on any atom is -0.488 e. The highest BCUT2D eigenvalue weighted by Crippen LogP contribution is 2.18. The van der Waals surface area contributed by atoms with Gasteiger partial charge >= 0.3 is 20.7 Å². The second-order valence-corrected chi connectivity index (χ2v) is 5.43. The maximum atomic E-state index is 11.4. The standard InChI is InChI=1S/C4H7F3O3Si/c1-11(2,9)10-3(8)4(5,6)7/h9H,1-2H3. The highest BCUT2D eigenvalue weighted by Gasteiger charge is 2.44. The predicted molar refractivity (Wildman–Crippen MR) is 31.8 cm³/mol. The summed E-state index contributed by atoms with van der Waals surface area (Å²) < 4.78 is 38.0. The van der Waals surface area contributed by atoms with Crippen LogP contribution in [-0.4, -0.2) is 25.5 Å². The van der Waals surface area contributed by atoms with E-state index in [-0.39, 0.29) is 0 Å². The highest BCUT2D eigenvalue weighted by atomic mass is 28.4. The van der Waals surface area contributed by atoms with Crippen molar-refractivity contribution in [3.63, 3.8) is 0 Å². The normalized spacial score (nSPS) is 12.9. The monoisotopic (exact) mass is 188 g/mol. The zero-order valence-corrected chi connectivity index (χ0v) is 6.90. The van der Waals surface area contributed by atoms with Gasteiger partial charge in [0.2, 0.25) is 0 Å². The van der Waals surface area contributed by atoms with Crippen LogP contribution in [0.3, 0.4) is 0 Å². The lowest BCUT2D eigenvalue weighted by Crippen LogP contribution is -2.39. The lowest BCUT2D eigenvalue weighted by Gasteiger charge is -2.15. The van der Waals surface area contributed by atoms with Crippen LogP contribution in [0.5, 0.6) is 0 Å². The van der Waals surface area contributed by atoms with Gasteiger partial charge in [-0.25, -0.2) is 4.79 Å². The molecular formula is C4H7F3O3Si. The van der Waals surface area contributed by atoms with E-state index in [1.807, 2.05) is 0 Å². The van der Waals surface area contributed by atoms with Gasteiger partial charge in [0, 0.05) is 0 Å². The van der Waals surface area contributed by atoms with Gasteiger partial charge in [0.1, 0.15) is 0 Å². The summed E-state index contributed by atoms with van der Waals surface area (Å²) >= 11 is 0. The fourth-order valence-corrected chi connectivity index (χ4v) is 0.854. The summed E-state index contributed by atoms with van der Waals surface area (Å²) in [7, 11) is -3.40. The molecule has 0 rings (SSSR count). The molecule has 0 atom stereocenters. The number of halogens is 3. The van der Waals surface area contributed by atoms with Crippen LogP contribution in [0.4, 0.5) is 13.2 Å². The summed E-state index contributed by atoms with van der Waals surface area (Å²) in [6.45, 7) is 2.13. The molecule has 3 nitrogen and oxygen atoms in total. The fraction of sp³-hybridized carbons (Fsp3) is 0.750. The van der Waals surface area contributed by atoms with Crippen molar-refractivity contribution in [2.75, 3.05) is 0 Å². The Balaban J connectivity index is 4.11. The molecule has 0 aromatic carbocycles. The van der Waals surface area contributed by atoms with Crippen LogP contribution in [0.2, 0.25) is 13.1 Å². The van der Waals surface area contributed by atoms with Crippen molar-refractivity contribution in [3.8, 4) is 0 Å². The average molecular weight is 188 g/mol. The van der Waals surface area contributed by atoms with Crippen molar-refractivity contribution < 1.29 is 27.2 Å². The summed E-state index contributed by atoms with van der Waals surface area (Å²) in [5, 5.41) is 0. The predicted octanol–water partition coefficient (Wildman–Crippen LogP) is 0.786. The molecule has 0 bridgehead atoms. The van der Waals surface area contributed by atoms with E-state index in [4.69, 9.17) is 4.80 Å². The Bertz CT molecular complexity index is 159. The minimum absolute atomic E-state index is 1.07. The number of alkyl halides is 3. The zero-order chi connectivity index (χ0) is 9.28. The second kappa shape index (κ2) is 2.82. The first-order valence-corrected chi connectivity index (χ1v) is 5.51. The number of hydrogen-bond acceptors (Lipinski definition) is 3. The van der Waals surface area contributed by atoms with Gasteiger partial charge in [0.15, 0.2) is 0 Å². The molecule has 66 valence electrons. The second-order valence-electron chi connectivity index (χ2n) is 2.33. The third kappa shape index (κ3) is 4.79. The Morgan fingerprint density at radius 2 is 1.82 bits per heavy atom. The van der Waals surface area contributed by atoms with Crippen molar-refractivity contribution in [3.05, 3.63) is 0 Å². The Morgan fingerprint density at radius 3 is 1.91 bits per heavy atom. The molecule has 0 aliphatic carbocycles. The molecule has 7 heteroatoms. The van der Waals surface area contributed by atoms with E-state index in [1.165, 1.54) is 0 Å². The van der Waals surface area contributed by atoms with Crippen molar-refractivity contribution in [1.29, 1.82) is 0 Å². The van der Waals surface area contributed by atoms with Gasteiger partial charge in [0.05, 0.1) is 0 Å². The number of carbonyl (C=O) groups is 1. The lowest BCUT2D eigenvalue weighted by atomic mass is 10.7. The molecule has 0 fully saturated rings. The van der Waals surface area contributed by atoms with E-state index in [9.17, 15) is 18.0 Å². The van der Waals surface area contributed by atoms with Crippen LogP contribution in [-0.2, 0) is 9.22 Å². The summed E-state index contributed by atoms with van der Waals surface area (Å²) in [5.74, 6) is -2.34. The third-order valence-corrected chi connectivity index (χ3v) is 1.26. The summed E-state index contributed by atoms with van der Waals surface area (Å²) in [6, 6.07) is 0. The topological polar surface area (TPSA) is 46.5 Å². The number of rotatable bonds is 1. The molecule has 0 aliphatic heterocycles. The van der Waals surface area contributed by atoms with E-state index in [1.54, 1.807) is 0 Å². The van der Waals surface area contributed by atoms with E-state index < -0.39 is 20.7 Å². The van der Waals surface area contributed by atoms with Gasteiger partial charge < -0.3 is 9.22 Å². The Hall–Kier alpha value is -0.563. The van der Waals surface area contributed by atoms with Crippen molar-refractivity contribution in [2.24, 2.45) is 0 Å². The van der Waals surface area contributed by atoms with Crippen LogP contribution in [0.25, 0.3) is 0 Å². The van der Waals surface area contributed by atoms with E-state index in [0.29, 0.717) is 0 Å². The Kier molecular flexibility index (Phi) is 2.67. The molecule has 0 radical (unpaired) electrons. The Morgan fingerprint density at radius 1 is 1.45 bits per heavy atom. The lowest BCUT2D eigenvalue weighted by molar-refractivity contribution is -0.191. The molecule has 0 amide bonds. The molecule has 0 saturated heterocycles. The average Bonchev–Trinajstić information content (AvgIpc) is 1.56. The van der Waals surface area contributed by atoms with Gasteiger partial charge in [-0.2, -0.15) is 13.2 Å². The van der Waals surface area contributed by atoms with E-state index in [0.717, 1.165) is 13.1 Å². The van der Waals surface area contributed by atoms with Gasteiger partial charge in [-0.3, -0.25) is 0 Å². The largest absolute Gasteiger partial charge is 0.489 e. The van der Waals surface area contributed by atoms with Gasteiger partial charge in [-0.15, -0.1) is 0 Å². The summed E-state index contributed by atoms with van der Waals surface area (Å²) in [5.41, 5.74) is 0. The van der Waals surface area contributed by atoms with Crippen molar-refractivity contribution in [2.45, 2.75) is 19.3 Å². The molecule has 11 heavy (non-hydrogen) atoms. The zero-order valence-electron chi connectivity index (χ0n) is 5.90. The Labute approximate surface area is 62.0 Å². The maximum Gasteiger partial charge on any atom is 0.489 e. The smallest absolute Gasteiger partial charge is 0.488 e. The van der Waals surface area contributed by atoms with Gasteiger partial charge in [0.25, 0.3) is 0 Å². The maximum absolute atomic E-state index is 11.4. The molecule has 0 aromatic rings. The number of carbonyl (C=O) groups excluding carboxylic acids is 1. The molecular weight excluding hydrogens is 181 g/mol. The van der Waals surface area contributed by atoms with Gasteiger partial charge in [-0.05, 0) is 13.1 Å². The first-order valence-electron chi connectivity index (χ1n) is 2.65. The first kappa shape index (κ1) is 10.4. The molecule has 0 aliphatic rings. The highest BCUT2D eigenvalue weighted by molar-refractivity contribution is 6.64. The van der Waals surface area contributed by atoms with Crippen molar-refractivity contribution >= 4 is 14.5 Å². The van der Waals surface area contributed by atoms with Crippen LogP contribution in [0.15, 0.2) is 0 Å². The quantitative estimate of drug-likeness (QED) is 0.619. The van der Waals surface area contributed by atoms with Crippen LogP contribution in [0.1, 0.15) is 0 Å². The summed E-state index contributed by atoms with van der Waals surface area (Å²) in [4.78, 5) is 18.8. The number of hydrogen-bond donors (Lipinski definition) is 1. The van der Waals surface area contributed by atoms with E-state index in [2.05, 4.69) is 4.43 Å². The SMILES string of the molecule is C[Si](C)(O)OC(=O)C(F)(F)F. The third-order valence-electron chi connectivity index (χ3n) is 0.574. The molecule has 0 saturated carbocycles. The first-order chi connectivity index (χ1) is 4.63. The van der Waals surface area contributed by atoms with Crippen molar-refractivity contribution in [1.82, 2.24) is 0 Å². The molecule has 0 heterocycles. The fourth-order valence-electron chi connectivity index (χ4n) is 0.285. The molecule has 0 unspecified atom stereocenters. The summed E-state index contributed by atoms with van der Waals surface area (Å²) in [6.07, 6.45) is -5.02. The minimum atomic E-state index is -5.02. The molecule has 0 spiro atoms. The van der Waals surface area contributed by atoms with Crippen LogP contribution in [0, 0.1) is 0 Å². The molecule has 1 N–H and O–H groups in total.